The molecule has 0 amide bonds. The Morgan fingerprint density at radius 2 is 2.00 bits per heavy atom. The summed E-state index contributed by atoms with van der Waals surface area (Å²) in [5, 5.41) is 8.65. The first-order chi connectivity index (χ1) is 9.99. The van der Waals surface area contributed by atoms with Gasteiger partial charge >= 0.3 is 0 Å². The lowest BCUT2D eigenvalue weighted by atomic mass is 10.2. The van der Waals surface area contributed by atoms with Crippen LogP contribution in [0.15, 0.2) is 29.2 Å². The molecule has 0 saturated carbocycles. The van der Waals surface area contributed by atoms with Crippen LogP contribution in [0, 0.1) is 11.8 Å². The lowest BCUT2D eigenvalue weighted by Crippen LogP contribution is -2.34. The van der Waals surface area contributed by atoms with E-state index < -0.39 is 10.0 Å². The molecule has 0 aliphatic carbocycles. The van der Waals surface area contributed by atoms with Crippen molar-refractivity contribution in [3.8, 4) is 11.8 Å². The molecule has 1 aromatic rings. The minimum atomic E-state index is -3.48. The highest BCUT2D eigenvalue weighted by atomic mass is 32.2. The van der Waals surface area contributed by atoms with E-state index in [2.05, 4.69) is 16.6 Å². The summed E-state index contributed by atoms with van der Waals surface area (Å²) < 4.78 is 27.0. The molecule has 0 radical (unpaired) electrons. The molecule has 0 bridgehead atoms. The van der Waals surface area contributed by atoms with Gasteiger partial charge < -0.3 is 5.11 Å². The third kappa shape index (κ3) is 6.53. The van der Waals surface area contributed by atoms with Gasteiger partial charge in [-0.15, -0.1) is 0 Å². The summed E-state index contributed by atoms with van der Waals surface area (Å²) in [6.07, 6.45) is 0.411. The van der Waals surface area contributed by atoms with Gasteiger partial charge in [-0.3, -0.25) is 0 Å². The molecule has 2 N–H and O–H groups in total. The van der Waals surface area contributed by atoms with E-state index in [1.807, 2.05) is 13.8 Å². The molecule has 1 rings (SSSR count). The Morgan fingerprint density at radius 1 is 1.33 bits per heavy atom. The molecule has 116 valence electrons. The highest BCUT2D eigenvalue weighted by Gasteiger charge is 2.16. The molecule has 0 aliphatic rings. The molecule has 1 aromatic carbocycles. The van der Waals surface area contributed by atoms with Crippen molar-refractivity contribution in [3.05, 3.63) is 29.8 Å². The largest absolute Gasteiger partial charge is 0.395 e. The summed E-state index contributed by atoms with van der Waals surface area (Å²) >= 11 is 1.70. The Hall–Kier alpha value is -1.00. The third-order valence-corrected chi connectivity index (χ3v) is 5.31. The van der Waals surface area contributed by atoms with E-state index in [4.69, 9.17) is 5.11 Å². The Labute approximate surface area is 131 Å². The highest BCUT2D eigenvalue weighted by molar-refractivity contribution is 7.99. The zero-order valence-electron chi connectivity index (χ0n) is 12.3. The van der Waals surface area contributed by atoms with Gasteiger partial charge in [0.15, 0.2) is 0 Å². The molecule has 0 saturated heterocycles. The van der Waals surface area contributed by atoms with Gasteiger partial charge in [-0.2, -0.15) is 11.8 Å². The summed E-state index contributed by atoms with van der Waals surface area (Å²) in [5.41, 5.74) is 0.733. The monoisotopic (exact) mass is 327 g/mol. The highest BCUT2D eigenvalue weighted by Crippen LogP contribution is 2.12. The Morgan fingerprint density at radius 3 is 2.57 bits per heavy atom. The van der Waals surface area contributed by atoms with Crippen LogP contribution in [0.1, 0.15) is 25.8 Å². The van der Waals surface area contributed by atoms with Crippen molar-refractivity contribution in [2.75, 3.05) is 18.1 Å². The van der Waals surface area contributed by atoms with Crippen molar-refractivity contribution >= 4 is 21.8 Å². The topological polar surface area (TPSA) is 66.4 Å². The minimum absolute atomic E-state index is 0.0248. The number of aliphatic hydroxyl groups excluding tert-OH is 1. The van der Waals surface area contributed by atoms with Crippen molar-refractivity contribution in [1.82, 2.24) is 4.72 Å². The average molecular weight is 327 g/mol. The van der Waals surface area contributed by atoms with Crippen LogP contribution in [0.25, 0.3) is 0 Å². The molecule has 1 atom stereocenters. The first-order valence-electron chi connectivity index (χ1n) is 6.79. The summed E-state index contributed by atoms with van der Waals surface area (Å²) in [5.74, 6) is 7.38. The fourth-order valence-corrected chi connectivity index (χ4v) is 3.62. The number of hydrogen-bond acceptors (Lipinski definition) is 4. The predicted octanol–water partition coefficient (Wildman–Crippen LogP) is 1.84. The van der Waals surface area contributed by atoms with Crippen LogP contribution in [0.4, 0.5) is 0 Å². The van der Waals surface area contributed by atoms with E-state index in [1.165, 1.54) is 0 Å². The van der Waals surface area contributed by atoms with Crippen LogP contribution in [0.5, 0.6) is 0 Å². The van der Waals surface area contributed by atoms with Gasteiger partial charge in [-0.05, 0) is 36.9 Å². The van der Waals surface area contributed by atoms with Gasteiger partial charge in [-0.1, -0.05) is 18.8 Å². The van der Waals surface area contributed by atoms with Crippen LogP contribution in [-0.2, 0) is 10.0 Å². The van der Waals surface area contributed by atoms with Crippen LogP contribution >= 0.6 is 11.8 Å². The number of hydrogen-bond donors (Lipinski definition) is 2. The molecular formula is C15H21NO3S2. The number of benzene rings is 1. The normalized spacial score (nSPS) is 12.5. The van der Waals surface area contributed by atoms with E-state index >= 15 is 0 Å². The van der Waals surface area contributed by atoms with Gasteiger partial charge in [0.05, 0.1) is 11.5 Å². The quantitative estimate of drug-likeness (QED) is 0.750. The smallest absolute Gasteiger partial charge is 0.240 e. The zero-order chi connectivity index (χ0) is 15.7. The van der Waals surface area contributed by atoms with Crippen molar-refractivity contribution < 1.29 is 13.5 Å². The molecule has 0 aliphatic heterocycles. The maximum absolute atomic E-state index is 12.2. The van der Waals surface area contributed by atoms with Crippen molar-refractivity contribution in [3.63, 3.8) is 0 Å². The van der Waals surface area contributed by atoms with Crippen LogP contribution < -0.4 is 4.72 Å². The van der Waals surface area contributed by atoms with E-state index in [-0.39, 0.29) is 17.5 Å². The first kappa shape index (κ1) is 18.1. The Bertz CT molecular complexity index is 586. The fourth-order valence-electron chi connectivity index (χ4n) is 1.60. The molecular weight excluding hydrogens is 306 g/mol. The second-order valence-electron chi connectivity index (χ2n) is 4.48. The first-order valence-corrected chi connectivity index (χ1v) is 9.43. The van der Waals surface area contributed by atoms with Gasteiger partial charge in [0, 0.05) is 23.8 Å². The van der Waals surface area contributed by atoms with Crippen molar-refractivity contribution in [1.29, 1.82) is 0 Å². The third-order valence-electron chi connectivity index (χ3n) is 2.56. The summed E-state index contributed by atoms with van der Waals surface area (Å²) in [4.78, 5) is 0.239. The second-order valence-corrected chi connectivity index (χ2v) is 7.51. The van der Waals surface area contributed by atoms with Crippen LogP contribution in [-0.4, -0.2) is 37.7 Å². The maximum atomic E-state index is 12.2. The lowest BCUT2D eigenvalue weighted by Gasteiger charge is -2.13. The standard InChI is InChI=1S/C15H21NO3S2/c1-3-20-12-13(2)16-21(18,19)15-9-7-14(8-10-15)6-4-5-11-17/h7-10,13,16-17H,3,5,11-12H2,1-2H3. The molecule has 0 heterocycles. The second kappa shape index (κ2) is 9.11. The summed E-state index contributed by atoms with van der Waals surface area (Å²) in [6.45, 7) is 3.93. The SMILES string of the molecule is CCSCC(C)NS(=O)(=O)c1ccc(C#CCCO)cc1. The lowest BCUT2D eigenvalue weighted by molar-refractivity contribution is 0.305. The molecule has 0 spiro atoms. The van der Waals surface area contributed by atoms with Crippen molar-refractivity contribution in [2.24, 2.45) is 0 Å². The molecule has 21 heavy (non-hydrogen) atoms. The molecule has 1 unspecified atom stereocenters. The molecule has 4 nitrogen and oxygen atoms in total. The fraction of sp³-hybridized carbons (Fsp3) is 0.467. The number of thioether (sulfide) groups is 1. The number of sulfonamides is 1. The zero-order valence-corrected chi connectivity index (χ0v) is 13.9. The molecule has 0 aromatic heterocycles. The average Bonchev–Trinajstić information content (AvgIpc) is 2.45. The van der Waals surface area contributed by atoms with Gasteiger partial charge in [0.2, 0.25) is 10.0 Å². The molecule has 6 heteroatoms. The van der Waals surface area contributed by atoms with E-state index in [1.54, 1.807) is 36.0 Å². The van der Waals surface area contributed by atoms with Gasteiger partial charge in [0.1, 0.15) is 0 Å². The van der Waals surface area contributed by atoms with Crippen LogP contribution in [0.2, 0.25) is 0 Å². The van der Waals surface area contributed by atoms with Gasteiger partial charge in [-0.25, -0.2) is 13.1 Å². The number of nitrogens with one attached hydrogen (secondary N) is 1. The van der Waals surface area contributed by atoms with E-state index in [9.17, 15) is 8.42 Å². The minimum Gasteiger partial charge on any atom is -0.395 e. The summed E-state index contributed by atoms with van der Waals surface area (Å²) in [7, 11) is -3.48. The maximum Gasteiger partial charge on any atom is 0.240 e. The van der Waals surface area contributed by atoms with Crippen LogP contribution in [0.3, 0.4) is 0 Å². The van der Waals surface area contributed by atoms with E-state index in [0.717, 1.165) is 17.1 Å². The van der Waals surface area contributed by atoms with E-state index in [0.29, 0.717) is 6.42 Å². The predicted molar refractivity (Wildman–Crippen MR) is 87.8 cm³/mol. The Kier molecular flexibility index (Phi) is 7.83. The number of aliphatic hydroxyl groups is 1. The molecule has 0 fully saturated rings. The summed E-state index contributed by atoms with van der Waals surface area (Å²) in [6, 6.07) is 6.33. The Balaban J connectivity index is 2.74. The van der Waals surface area contributed by atoms with Crippen molar-refractivity contribution in [2.45, 2.75) is 31.2 Å². The number of rotatable bonds is 7. The van der Waals surface area contributed by atoms with Gasteiger partial charge in [0.25, 0.3) is 0 Å².